The normalized spacial score (nSPS) is 10.5. The Morgan fingerprint density at radius 2 is 1.57 bits per heavy atom. The molecule has 0 bridgehead atoms. The molecule has 0 amide bonds. The quantitative estimate of drug-likeness (QED) is 0.498. The van der Waals surface area contributed by atoms with Gasteiger partial charge in [-0.3, -0.25) is 4.68 Å². The van der Waals surface area contributed by atoms with Crippen LogP contribution in [0.2, 0.25) is 0 Å². The summed E-state index contributed by atoms with van der Waals surface area (Å²) in [6.45, 7) is 0. The van der Waals surface area contributed by atoms with E-state index in [0.29, 0.717) is 17.3 Å². The van der Waals surface area contributed by atoms with Crippen molar-refractivity contribution in [3.8, 4) is 17.0 Å². The first-order valence-corrected chi connectivity index (χ1v) is 8.85. The topological polar surface area (TPSA) is 65.2 Å². The van der Waals surface area contributed by atoms with Gasteiger partial charge in [-0.05, 0) is 0 Å². The smallest absolute Gasteiger partial charge is 0.178 e. The van der Waals surface area contributed by atoms with Crippen LogP contribution in [-0.4, -0.2) is 32.8 Å². The minimum absolute atomic E-state index is 0.479. The first-order chi connectivity index (χ1) is 13.7. The summed E-state index contributed by atoms with van der Waals surface area (Å²) in [5.41, 5.74) is 4.31. The van der Waals surface area contributed by atoms with Gasteiger partial charge < -0.3 is 4.74 Å². The molecule has 4 rings (SSSR count). The molecule has 0 aliphatic carbocycles. The van der Waals surface area contributed by atoms with E-state index in [1.54, 1.807) is 24.1 Å². The minimum atomic E-state index is 0.479. The van der Waals surface area contributed by atoms with Crippen molar-refractivity contribution in [1.82, 2.24) is 20.0 Å². The van der Waals surface area contributed by atoms with Crippen molar-refractivity contribution in [3.63, 3.8) is 0 Å². The average Bonchev–Trinajstić information content (AvgIpc) is 3.19. The summed E-state index contributed by atoms with van der Waals surface area (Å²) in [4.78, 5) is 4.79. The van der Waals surface area contributed by atoms with E-state index in [-0.39, 0.29) is 0 Å². The second-order valence-corrected chi connectivity index (χ2v) is 6.21. The van der Waals surface area contributed by atoms with Gasteiger partial charge in [-0.1, -0.05) is 60.7 Å². The molecule has 0 saturated carbocycles. The van der Waals surface area contributed by atoms with Gasteiger partial charge in [0.1, 0.15) is 5.69 Å². The Hall–Kier alpha value is -3.80. The molecule has 138 valence electrons. The Kier molecular flexibility index (Phi) is 4.93. The molecule has 2 heterocycles. The van der Waals surface area contributed by atoms with Crippen molar-refractivity contribution in [2.24, 2.45) is 12.0 Å². The van der Waals surface area contributed by atoms with Crippen LogP contribution >= 0.6 is 0 Å². The summed E-state index contributed by atoms with van der Waals surface area (Å²) in [7, 11) is 3.47. The number of rotatable bonds is 5. The summed E-state index contributed by atoms with van der Waals surface area (Å²) in [5, 5.41) is 12.8. The number of aryl methyl sites for hydroxylation is 1. The van der Waals surface area contributed by atoms with E-state index >= 15 is 0 Å². The second kappa shape index (κ2) is 7.84. The van der Waals surface area contributed by atoms with E-state index in [9.17, 15) is 0 Å². The zero-order chi connectivity index (χ0) is 19.3. The maximum absolute atomic E-state index is 5.53. The summed E-state index contributed by atoms with van der Waals surface area (Å²) in [5.74, 6) is 1.08. The van der Waals surface area contributed by atoms with Gasteiger partial charge in [-0.25, -0.2) is 4.99 Å². The highest BCUT2D eigenvalue weighted by atomic mass is 16.5. The lowest BCUT2D eigenvalue weighted by Crippen LogP contribution is -2.03. The number of nitrogens with zero attached hydrogens (tertiary/aromatic N) is 5. The Bertz CT molecular complexity index is 1060. The number of methoxy groups -OCH3 is 1. The number of aromatic nitrogens is 4. The van der Waals surface area contributed by atoms with Crippen LogP contribution in [0.4, 0.5) is 5.82 Å². The molecule has 0 spiro atoms. The predicted molar refractivity (Wildman–Crippen MR) is 109 cm³/mol. The monoisotopic (exact) mass is 369 g/mol. The molecule has 2 aromatic carbocycles. The van der Waals surface area contributed by atoms with Crippen LogP contribution in [0.25, 0.3) is 11.3 Å². The highest BCUT2D eigenvalue weighted by Gasteiger charge is 2.13. The maximum Gasteiger partial charge on any atom is 0.178 e. The molecule has 0 fully saturated rings. The van der Waals surface area contributed by atoms with E-state index in [1.165, 1.54) is 0 Å². The lowest BCUT2D eigenvalue weighted by atomic mass is 10.0. The Labute approximate surface area is 163 Å². The molecular formula is C22H19N5O. The van der Waals surface area contributed by atoms with E-state index in [2.05, 4.69) is 15.3 Å². The lowest BCUT2D eigenvalue weighted by Gasteiger charge is -2.09. The lowest BCUT2D eigenvalue weighted by molar-refractivity contribution is 0.414. The van der Waals surface area contributed by atoms with E-state index in [1.807, 2.05) is 73.9 Å². The first kappa shape index (κ1) is 17.6. The molecule has 0 atom stereocenters. The molecule has 28 heavy (non-hydrogen) atoms. The number of ether oxygens (including phenoxy) is 1. The summed E-state index contributed by atoms with van der Waals surface area (Å²) < 4.78 is 7.25. The van der Waals surface area contributed by atoms with Gasteiger partial charge in [0.05, 0.1) is 19.0 Å². The molecule has 4 aromatic rings. The van der Waals surface area contributed by atoms with Gasteiger partial charge in [0, 0.05) is 36.0 Å². The zero-order valence-corrected chi connectivity index (χ0v) is 15.6. The van der Waals surface area contributed by atoms with E-state index in [0.717, 1.165) is 22.4 Å². The SMILES string of the molecule is COc1cc(N=C(c2ccccc2)c2ccccc2)nnc1-c1cnn(C)c1. The predicted octanol–water partition coefficient (Wildman–Crippen LogP) is 4.05. The maximum atomic E-state index is 5.53. The van der Waals surface area contributed by atoms with Gasteiger partial charge in [0.15, 0.2) is 11.6 Å². The molecule has 6 nitrogen and oxygen atoms in total. The van der Waals surface area contributed by atoms with Crippen LogP contribution < -0.4 is 4.74 Å². The minimum Gasteiger partial charge on any atom is -0.494 e. The Morgan fingerprint density at radius 3 is 2.11 bits per heavy atom. The van der Waals surface area contributed by atoms with Gasteiger partial charge in [-0.15, -0.1) is 10.2 Å². The fraction of sp³-hybridized carbons (Fsp3) is 0.0909. The van der Waals surface area contributed by atoms with Gasteiger partial charge in [0.2, 0.25) is 0 Å². The molecule has 0 radical (unpaired) electrons. The summed E-state index contributed by atoms with van der Waals surface area (Å²) in [6, 6.07) is 21.8. The fourth-order valence-corrected chi connectivity index (χ4v) is 2.92. The Morgan fingerprint density at radius 1 is 0.929 bits per heavy atom. The molecule has 0 N–H and O–H groups in total. The van der Waals surface area contributed by atoms with E-state index < -0.39 is 0 Å². The van der Waals surface area contributed by atoms with Crippen LogP contribution in [0.3, 0.4) is 0 Å². The largest absolute Gasteiger partial charge is 0.494 e. The van der Waals surface area contributed by atoms with Gasteiger partial charge in [-0.2, -0.15) is 5.10 Å². The van der Waals surface area contributed by atoms with Crippen LogP contribution in [-0.2, 0) is 7.05 Å². The molecular weight excluding hydrogens is 350 g/mol. The van der Waals surface area contributed by atoms with Crippen molar-refractivity contribution in [3.05, 3.63) is 90.3 Å². The van der Waals surface area contributed by atoms with Crippen molar-refractivity contribution < 1.29 is 4.74 Å². The third-order valence-corrected chi connectivity index (χ3v) is 4.27. The van der Waals surface area contributed by atoms with Crippen LogP contribution in [0.5, 0.6) is 5.75 Å². The van der Waals surface area contributed by atoms with Crippen molar-refractivity contribution >= 4 is 11.5 Å². The van der Waals surface area contributed by atoms with E-state index in [4.69, 9.17) is 9.73 Å². The third-order valence-electron chi connectivity index (χ3n) is 4.27. The molecule has 2 aromatic heterocycles. The number of aliphatic imine (C=N–C) groups is 1. The zero-order valence-electron chi connectivity index (χ0n) is 15.6. The standard InChI is InChI=1S/C22H19N5O/c1-27-15-18(14-23-27)22-19(28-2)13-20(25-26-22)24-21(16-9-5-3-6-10-16)17-11-7-4-8-12-17/h3-15H,1-2H3. The third kappa shape index (κ3) is 3.66. The highest BCUT2D eigenvalue weighted by Crippen LogP contribution is 2.29. The van der Waals surface area contributed by atoms with Crippen LogP contribution in [0, 0.1) is 0 Å². The number of benzene rings is 2. The average molecular weight is 369 g/mol. The van der Waals surface area contributed by atoms with Crippen molar-refractivity contribution in [1.29, 1.82) is 0 Å². The highest BCUT2D eigenvalue weighted by molar-refractivity contribution is 6.13. The fourth-order valence-electron chi connectivity index (χ4n) is 2.92. The summed E-state index contributed by atoms with van der Waals surface area (Å²) in [6.07, 6.45) is 3.60. The van der Waals surface area contributed by atoms with Gasteiger partial charge >= 0.3 is 0 Å². The molecule has 0 aliphatic rings. The van der Waals surface area contributed by atoms with Gasteiger partial charge in [0.25, 0.3) is 0 Å². The summed E-state index contributed by atoms with van der Waals surface area (Å²) >= 11 is 0. The van der Waals surface area contributed by atoms with Crippen molar-refractivity contribution in [2.45, 2.75) is 0 Å². The molecule has 0 saturated heterocycles. The van der Waals surface area contributed by atoms with Crippen LogP contribution in [0.15, 0.2) is 84.1 Å². The molecule has 0 unspecified atom stereocenters. The molecule has 0 aliphatic heterocycles. The Balaban J connectivity index is 1.80. The first-order valence-electron chi connectivity index (χ1n) is 8.85. The van der Waals surface area contributed by atoms with Crippen LogP contribution in [0.1, 0.15) is 11.1 Å². The number of hydrogen-bond donors (Lipinski definition) is 0. The van der Waals surface area contributed by atoms with Crippen molar-refractivity contribution in [2.75, 3.05) is 7.11 Å². The second-order valence-electron chi connectivity index (χ2n) is 6.21. The number of hydrogen-bond acceptors (Lipinski definition) is 5. The molecule has 6 heteroatoms.